The second kappa shape index (κ2) is 9.23. The Morgan fingerprint density at radius 2 is 1.84 bits per heavy atom. The van der Waals surface area contributed by atoms with Gasteiger partial charge in [0.2, 0.25) is 11.8 Å². The van der Waals surface area contributed by atoms with Gasteiger partial charge < -0.3 is 9.88 Å². The maximum atomic E-state index is 12.0. The van der Waals surface area contributed by atoms with Crippen molar-refractivity contribution in [1.82, 2.24) is 25.2 Å². The molecular weight excluding hydrogens is 396 g/mol. The largest absolute Gasteiger partial charge is 0.326 e. The lowest BCUT2D eigenvalue weighted by Crippen LogP contribution is -2.19. The maximum Gasteiger partial charge on any atom is 0.243 e. The summed E-state index contributed by atoms with van der Waals surface area (Å²) in [6, 6.07) is 17.9. The summed E-state index contributed by atoms with van der Waals surface area (Å²) in [4.78, 5) is 27.5. The van der Waals surface area contributed by atoms with Crippen LogP contribution in [0.5, 0.6) is 0 Å². The first-order chi connectivity index (χ1) is 15.1. The number of carbonyl (C=O) groups excluding carboxylic acids is 2. The van der Waals surface area contributed by atoms with E-state index < -0.39 is 5.91 Å². The Hall–Kier alpha value is -3.98. The molecule has 0 bridgehead atoms. The molecule has 4 N–H and O–H groups in total. The molecule has 0 unspecified atom stereocenters. The van der Waals surface area contributed by atoms with Gasteiger partial charge in [0.1, 0.15) is 0 Å². The van der Waals surface area contributed by atoms with Crippen molar-refractivity contribution < 1.29 is 14.8 Å². The third kappa shape index (κ3) is 4.96. The van der Waals surface area contributed by atoms with Gasteiger partial charge in [-0.1, -0.05) is 36.4 Å². The third-order valence-electron chi connectivity index (χ3n) is 4.91. The van der Waals surface area contributed by atoms with Crippen molar-refractivity contribution >= 4 is 28.7 Å². The highest BCUT2D eigenvalue weighted by Crippen LogP contribution is 2.25. The van der Waals surface area contributed by atoms with Crippen LogP contribution in [-0.2, 0) is 16.1 Å². The van der Waals surface area contributed by atoms with Crippen LogP contribution in [0.25, 0.3) is 22.3 Å². The van der Waals surface area contributed by atoms with Crippen LogP contribution in [-0.4, -0.2) is 36.8 Å². The Morgan fingerprint density at radius 1 is 1.03 bits per heavy atom. The van der Waals surface area contributed by atoms with E-state index in [4.69, 9.17) is 5.21 Å². The molecule has 2 aromatic heterocycles. The van der Waals surface area contributed by atoms with Crippen LogP contribution < -0.4 is 10.8 Å². The lowest BCUT2D eigenvalue weighted by molar-refractivity contribution is -0.129. The number of fused-ring (bicyclic) bond motifs is 1. The summed E-state index contributed by atoms with van der Waals surface area (Å²) in [6.45, 7) is 0.722. The first-order valence-corrected chi connectivity index (χ1v) is 9.90. The average Bonchev–Trinajstić information content (AvgIpc) is 3.41. The van der Waals surface area contributed by atoms with E-state index in [1.807, 2.05) is 42.7 Å². The van der Waals surface area contributed by atoms with Crippen LogP contribution in [0.15, 0.2) is 60.9 Å². The predicted octanol–water partition coefficient (Wildman–Crippen LogP) is 3.09. The zero-order valence-corrected chi connectivity index (χ0v) is 16.7. The van der Waals surface area contributed by atoms with Gasteiger partial charge >= 0.3 is 0 Å². The van der Waals surface area contributed by atoms with E-state index in [0.29, 0.717) is 12.2 Å². The minimum atomic E-state index is -0.517. The normalized spacial score (nSPS) is 10.9. The first kappa shape index (κ1) is 20.3. The van der Waals surface area contributed by atoms with Crippen molar-refractivity contribution in [2.24, 2.45) is 0 Å². The van der Waals surface area contributed by atoms with E-state index in [0.717, 1.165) is 28.8 Å². The number of rotatable bonds is 8. The molecule has 0 saturated carbocycles. The summed E-state index contributed by atoms with van der Waals surface area (Å²) in [7, 11) is 0. The molecule has 0 radical (unpaired) electrons. The predicted molar refractivity (Wildman–Crippen MR) is 115 cm³/mol. The highest BCUT2D eigenvalue weighted by molar-refractivity contribution is 5.91. The van der Waals surface area contributed by atoms with E-state index in [1.165, 1.54) is 5.56 Å². The van der Waals surface area contributed by atoms with E-state index in [1.54, 1.807) is 11.5 Å². The number of aromatic nitrogens is 4. The Kier molecular flexibility index (Phi) is 6.04. The summed E-state index contributed by atoms with van der Waals surface area (Å²) in [5, 5.41) is 18.3. The van der Waals surface area contributed by atoms with Crippen LogP contribution in [0, 0.1) is 0 Å². The SMILES string of the molecule is O=C(CCCC(=O)Nc1cc(-c2ccc3ncn(Cc4ccccc4)c3c2)[nH]n1)NO. The quantitative estimate of drug-likeness (QED) is 0.258. The molecule has 0 atom stereocenters. The molecule has 0 aliphatic heterocycles. The monoisotopic (exact) mass is 418 g/mol. The lowest BCUT2D eigenvalue weighted by atomic mass is 10.1. The Bertz CT molecular complexity index is 1200. The number of imidazole rings is 1. The van der Waals surface area contributed by atoms with E-state index >= 15 is 0 Å². The van der Waals surface area contributed by atoms with Gasteiger partial charge in [-0.3, -0.25) is 19.9 Å². The first-order valence-electron chi connectivity index (χ1n) is 9.90. The Labute approximate surface area is 178 Å². The highest BCUT2D eigenvalue weighted by atomic mass is 16.5. The van der Waals surface area contributed by atoms with Gasteiger partial charge in [0, 0.05) is 31.0 Å². The van der Waals surface area contributed by atoms with Gasteiger partial charge in [-0.25, -0.2) is 10.5 Å². The molecule has 0 fully saturated rings. The van der Waals surface area contributed by atoms with Crippen LogP contribution in [0.1, 0.15) is 24.8 Å². The number of hydroxylamine groups is 1. The van der Waals surface area contributed by atoms with E-state index in [2.05, 4.69) is 37.2 Å². The summed E-state index contributed by atoms with van der Waals surface area (Å²) >= 11 is 0. The lowest BCUT2D eigenvalue weighted by Gasteiger charge is -2.05. The molecule has 31 heavy (non-hydrogen) atoms. The zero-order valence-electron chi connectivity index (χ0n) is 16.7. The number of carbonyl (C=O) groups is 2. The van der Waals surface area contributed by atoms with Crippen LogP contribution in [0.4, 0.5) is 5.82 Å². The smallest absolute Gasteiger partial charge is 0.243 e. The molecule has 0 saturated heterocycles. The van der Waals surface area contributed by atoms with Crippen molar-refractivity contribution in [3.05, 3.63) is 66.5 Å². The number of hydrogen-bond donors (Lipinski definition) is 4. The fraction of sp³-hybridized carbons (Fsp3) is 0.182. The number of hydrogen-bond acceptors (Lipinski definition) is 5. The van der Waals surface area contributed by atoms with Crippen LogP contribution in [0.2, 0.25) is 0 Å². The van der Waals surface area contributed by atoms with Crippen molar-refractivity contribution in [3.8, 4) is 11.3 Å². The molecule has 2 aromatic carbocycles. The molecule has 2 amide bonds. The molecule has 2 heterocycles. The number of anilines is 1. The second-order valence-electron chi connectivity index (χ2n) is 7.17. The van der Waals surface area contributed by atoms with Crippen molar-refractivity contribution in [3.63, 3.8) is 0 Å². The summed E-state index contributed by atoms with van der Waals surface area (Å²) in [5.41, 5.74) is 6.33. The fourth-order valence-corrected chi connectivity index (χ4v) is 3.33. The summed E-state index contributed by atoms with van der Waals surface area (Å²) in [5.74, 6) is -0.360. The van der Waals surface area contributed by atoms with Crippen molar-refractivity contribution in [2.75, 3.05) is 5.32 Å². The number of aromatic amines is 1. The van der Waals surface area contributed by atoms with Crippen molar-refractivity contribution in [1.29, 1.82) is 0 Å². The fourth-order valence-electron chi connectivity index (χ4n) is 3.33. The second-order valence-corrected chi connectivity index (χ2v) is 7.17. The average molecular weight is 418 g/mol. The molecule has 0 spiro atoms. The molecule has 4 rings (SSSR count). The minimum Gasteiger partial charge on any atom is -0.326 e. The highest BCUT2D eigenvalue weighted by Gasteiger charge is 2.11. The molecule has 158 valence electrons. The number of nitrogens with one attached hydrogen (secondary N) is 3. The summed E-state index contributed by atoms with van der Waals surface area (Å²) in [6.07, 6.45) is 2.39. The molecule has 0 aliphatic rings. The third-order valence-corrected chi connectivity index (χ3v) is 4.91. The van der Waals surface area contributed by atoms with Crippen LogP contribution >= 0.6 is 0 Å². The van der Waals surface area contributed by atoms with Gasteiger partial charge in [-0.05, 0) is 24.1 Å². The topological polar surface area (TPSA) is 125 Å². The maximum absolute atomic E-state index is 12.0. The van der Waals surface area contributed by atoms with Gasteiger partial charge in [0.15, 0.2) is 5.82 Å². The Morgan fingerprint density at radius 3 is 2.65 bits per heavy atom. The summed E-state index contributed by atoms with van der Waals surface area (Å²) < 4.78 is 2.09. The Balaban J connectivity index is 1.45. The molecule has 4 aromatic rings. The van der Waals surface area contributed by atoms with Crippen LogP contribution in [0.3, 0.4) is 0 Å². The molecule has 0 aliphatic carbocycles. The molecule has 9 nitrogen and oxygen atoms in total. The van der Waals surface area contributed by atoms with Crippen molar-refractivity contribution in [2.45, 2.75) is 25.8 Å². The number of amides is 2. The van der Waals surface area contributed by atoms with Gasteiger partial charge in [0.25, 0.3) is 0 Å². The van der Waals surface area contributed by atoms with Gasteiger partial charge in [-0.15, -0.1) is 0 Å². The standard InChI is InChI=1S/C22H22N6O3/c29-21(7-4-8-22(30)27-31)24-20-12-18(25-26-20)16-9-10-17-19(11-16)28(14-23-17)13-15-5-2-1-3-6-15/h1-3,5-6,9-12,14,31H,4,7-8,13H2,(H,27,30)(H2,24,25,26,29). The number of H-pyrrole nitrogens is 1. The number of benzene rings is 2. The zero-order chi connectivity index (χ0) is 21.6. The minimum absolute atomic E-state index is 0.0758. The number of nitrogens with zero attached hydrogens (tertiary/aromatic N) is 3. The van der Waals surface area contributed by atoms with E-state index in [-0.39, 0.29) is 18.7 Å². The van der Waals surface area contributed by atoms with Gasteiger partial charge in [0.05, 0.1) is 23.1 Å². The molecule has 9 heteroatoms. The van der Waals surface area contributed by atoms with E-state index in [9.17, 15) is 9.59 Å². The molecular formula is C22H22N6O3. The van der Waals surface area contributed by atoms with Gasteiger partial charge in [-0.2, -0.15) is 5.10 Å².